The van der Waals surface area contributed by atoms with E-state index in [9.17, 15) is 20.1 Å². The van der Waals surface area contributed by atoms with Crippen LogP contribution in [0.25, 0.3) is 10.4 Å². The lowest BCUT2D eigenvalue weighted by molar-refractivity contribution is -0.277. The molecule has 0 bridgehead atoms. The highest BCUT2D eigenvalue weighted by molar-refractivity contribution is 5.92. The monoisotopic (exact) mass is 354 g/mol. The van der Waals surface area contributed by atoms with Crippen LogP contribution < -0.4 is 10.1 Å². The van der Waals surface area contributed by atoms with E-state index in [0.717, 1.165) is 0 Å². The van der Waals surface area contributed by atoms with Gasteiger partial charge in [0, 0.05) is 16.7 Å². The van der Waals surface area contributed by atoms with Gasteiger partial charge in [0.15, 0.2) is 0 Å². The van der Waals surface area contributed by atoms with Gasteiger partial charge in [-0.05, 0) is 17.7 Å². The largest absolute Gasteiger partial charge is 0.462 e. The van der Waals surface area contributed by atoms with Crippen molar-refractivity contribution in [3.05, 3.63) is 34.7 Å². The van der Waals surface area contributed by atoms with Gasteiger partial charge in [-0.3, -0.25) is 4.79 Å². The molecule has 11 nitrogen and oxygen atoms in total. The summed E-state index contributed by atoms with van der Waals surface area (Å²) in [6.07, 6.45) is -6.99. The number of carbonyl (C=O) groups is 1. The molecule has 1 aromatic rings. The van der Waals surface area contributed by atoms with E-state index in [1.807, 2.05) is 0 Å². The zero-order chi connectivity index (χ0) is 18.4. The van der Waals surface area contributed by atoms with Gasteiger partial charge in [-0.2, -0.15) is 0 Å². The minimum Gasteiger partial charge on any atom is -0.462 e. The van der Waals surface area contributed by atoms with Crippen LogP contribution in [0.2, 0.25) is 0 Å². The Labute approximate surface area is 142 Å². The van der Waals surface area contributed by atoms with Crippen molar-refractivity contribution in [1.29, 1.82) is 0 Å². The quantitative estimate of drug-likeness (QED) is 0.250. The van der Waals surface area contributed by atoms with E-state index in [4.69, 9.17) is 20.1 Å². The molecular formula is C14H18N4O7. The second-order valence-corrected chi connectivity index (χ2v) is 5.28. The van der Waals surface area contributed by atoms with Gasteiger partial charge in [-0.25, -0.2) is 0 Å². The summed E-state index contributed by atoms with van der Waals surface area (Å²) in [6, 6.07) is 6.07. The molecule has 1 aliphatic heterocycles. The van der Waals surface area contributed by atoms with Crippen molar-refractivity contribution in [2.75, 3.05) is 18.5 Å². The van der Waals surface area contributed by atoms with E-state index in [2.05, 4.69) is 15.3 Å². The lowest BCUT2D eigenvalue weighted by atomic mass is 9.99. The molecule has 0 radical (unpaired) electrons. The predicted octanol–water partition coefficient (Wildman–Crippen LogP) is -0.886. The fraction of sp³-hybridized carbons (Fsp3) is 0.500. The van der Waals surface area contributed by atoms with E-state index in [0.29, 0.717) is 5.69 Å². The van der Waals surface area contributed by atoms with Crippen LogP contribution in [0.15, 0.2) is 29.4 Å². The van der Waals surface area contributed by atoms with Crippen LogP contribution in [0.3, 0.4) is 0 Å². The molecule has 5 atom stereocenters. The van der Waals surface area contributed by atoms with Crippen LogP contribution in [0.1, 0.15) is 0 Å². The van der Waals surface area contributed by atoms with Crippen molar-refractivity contribution in [3.8, 4) is 5.75 Å². The number of amides is 1. The first kappa shape index (κ1) is 18.9. The molecule has 5 N–H and O–H groups in total. The van der Waals surface area contributed by atoms with Crippen molar-refractivity contribution >= 4 is 11.6 Å². The first-order valence-corrected chi connectivity index (χ1v) is 7.34. The van der Waals surface area contributed by atoms with Gasteiger partial charge in [0.05, 0.1) is 6.61 Å². The highest BCUT2D eigenvalue weighted by Crippen LogP contribution is 2.25. The Hall–Kier alpha value is -2.40. The Bertz CT molecular complexity index is 650. The van der Waals surface area contributed by atoms with Crippen LogP contribution in [-0.4, -0.2) is 70.2 Å². The molecule has 1 aliphatic rings. The fourth-order valence-corrected chi connectivity index (χ4v) is 2.24. The first-order chi connectivity index (χ1) is 12.0. The highest BCUT2D eigenvalue weighted by Gasteiger charge is 2.44. The third kappa shape index (κ3) is 4.79. The van der Waals surface area contributed by atoms with Gasteiger partial charge in [0.1, 0.15) is 36.7 Å². The Balaban J connectivity index is 2.05. The number of nitrogens with zero attached hydrogens (tertiary/aromatic N) is 3. The van der Waals surface area contributed by atoms with Crippen molar-refractivity contribution in [3.63, 3.8) is 0 Å². The van der Waals surface area contributed by atoms with Gasteiger partial charge in [0.25, 0.3) is 0 Å². The Morgan fingerprint density at radius 2 is 2.08 bits per heavy atom. The number of aliphatic hydroxyl groups is 4. The van der Waals surface area contributed by atoms with Crippen LogP contribution in [0.4, 0.5) is 5.69 Å². The maximum atomic E-state index is 11.5. The Morgan fingerprint density at radius 3 is 2.76 bits per heavy atom. The standard InChI is InChI=1S/C14H18N4O7/c15-18-16-5-10(20)17-7-2-1-3-8(4-7)24-14-13(23)12(22)11(21)9(6-19)25-14/h1-4,9,11-14,19,21-23H,5-6H2,(H,17,20)/t9-,11+,12+,13-,14-/m1/s1. The number of rotatable bonds is 6. The van der Waals surface area contributed by atoms with Crippen molar-refractivity contribution in [2.24, 2.45) is 5.11 Å². The molecule has 1 heterocycles. The number of aliphatic hydroxyl groups excluding tert-OH is 4. The SMILES string of the molecule is [N-]=[N+]=NCC(=O)Nc1cccc(O[C@@H]2O[C@H](CO)[C@H](O)[C@H](O)[C@H]2O)c1. The molecule has 0 aliphatic carbocycles. The summed E-state index contributed by atoms with van der Waals surface area (Å²) in [4.78, 5) is 14.0. The summed E-state index contributed by atoms with van der Waals surface area (Å²) < 4.78 is 10.7. The summed E-state index contributed by atoms with van der Waals surface area (Å²) in [7, 11) is 0. The number of nitrogens with one attached hydrogen (secondary N) is 1. The van der Waals surface area contributed by atoms with Gasteiger partial charge in [-0.1, -0.05) is 11.2 Å². The smallest absolute Gasteiger partial charge is 0.230 e. The lowest BCUT2D eigenvalue weighted by Crippen LogP contribution is -2.60. The molecule has 0 saturated carbocycles. The van der Waals surface area contributed by atoms with Crippen molar-refractivity contribution in [2.45, 2.75) is 30.7 Å². The molecule has 0 spiro atoms. The maximum absolute atomic E-state index is 11.5. The number of ether oxygens (including phenoxy) is 2. The second-order valence-electron chi connectivity index (χ2n) is 5.28. The number of hydrogen-bond donors (Lipinski definition) is 5. The summed E-state index contributed by atoms with van der Waals surface area (Å²) in [5.74, 6) is -0.325. The predicted molar refractivity (Wildman–Crippen MR) is 83.5 cm³/mol. The molecule has 25 heavy (non-hydrogen) atoms. The van der Waals surface area contributed by atoms with E-state index < -0.39 is 43.2 Å². The van der Waals surface area contributed by atoms with Crippen molar-refractivity contribution in [1.82, 2.24) is 0 Å². The Morgan fingerprint density at radius 1 is 1.32 bits per heavy atom. The molecule has 0 unspecified atom stereocenters. The fourth-order valence-electron chi connectivity index (χ4n) is 2.24. The molecular weight excluding hydrogens is 336 g/mol. The number of benzene rings is 1. The van der Waals surface area contributed by atoms with Crippen LogP contribution in [0, 0.1) is 0 Å². The van der Waals surface area contributed by atoms with Crippen LogP contribution in [-0.2, 0) is 9.53 Å². The van der Waals surface area contributed by atoms with Gasteiger partial charge < -0.3 is 35.2 Å². The summed E-state index contributed by atoms with van der Waals surface area (Å²) >= 11 is 0. The van der Waals surface area contributed by atoms with Crippen LogP contribution in [0.5, 0.6) is 5.75 Å². The van der Waals surface area contributed by atoms with Gasteiger partial charge >= 0.3 is 0 Å². The Kier molecular flexibility index (Phi) is 6.53. The van der Waals surface area contributed by atoms with Crippen molar-refractivity contribution < 1.29 is 34.7 Å². The third-order valence-corrected chi connectivity index (χ3v) is 3.50. The first-order valence-electron chi connectivity index (χ1n) is 7.34. The number of carbonyl (C=O) groups excluding carboxylic acids is 1. The number of azide groups is 1. The number of anilines is 1. The molecule has 136 valence electrons. The van der Waals surface area contributed by atoms with Gasteiger partial charge in [-0.15, -0.1) is 0 Å². The maximum Gasteiger partial charge on any atom is 0.230 e. The molecule has 0 aromatic heterocycles. The molecule has 1 fully saturated rings. The van der Waals surface area contributed by atoms with Gasteiger partial charge in [0.2, 0.25) is 12.2 Å². The van der Waals surface area contributed by atoms with E-state index in [1.165, 1.54) is 12.1 Å². The lowest BCUT2D eigenvalue weighted by Gasteiger charge is -2.39. The molecule has 1 amide bonds. The van der Waals surface area contributed by atoms with Crippen LogP contribution >= 0.6 is 0 Å². The minimum atomic E-state index is -1.55. The summed E-state index contributed by atoms with van der Waals surface area (Å²) in [6.45, 7) is -0.936. The topological polar surface area (TPSA) is 177 Å². The zero-order valence-corrected chi connectivity index (χ0v) is 13.0. The average molecular weight is 354 g/mol. The number of hydrogen-bond acceptors (Lipinski definition) is 8. The van der Waals surface area contributed by atoms with E-state index in [-0.39, 0.29) is 12.3 Å². The molecule has 11 heteroatoms. The molecule has 1 saturated heterocycles. The van der Waals surface area contributed by atoms with E-state index in [1.54, 1.807) is 12.1 Å². The third-order valence-electron chi connectivity index (χ3n) is 3.50. The zero-order valence-electron chi connectivity index (χ0n) is 13.0. The normalized spacial score (nSPS) is 28.7. The van der Waals surface area contributed by atoms with E-state index >= 15 is 0 Å². The molecule has 1 aromatic carbocycles. The summed E-state index contributed by atoms with van der Waals surface area (Å²) in [5.41, 5.74) is 8.53. The second kappa shape index (κ2) is 8.62. The average Bonchev–Trinajstić information content (AvgIpc) is 2.60. The summed E-state index contributed by atoms with van der Waals surface area (Å²) in [5, 5.41) is 44.2. The molecule has 2 rings (SSSR count). The highest BCUT2D eigenvalue weighted by atomic mass is 16.7. The minimum absolute atomic E-state index is 0.200.